The first-order valence-electron chi connectivity index (χ1n) is 7.10. The van der Waals surface area contributed by atoms with Gasteiger partial charge >= 0.3 is 6.61 Å². The average molecular weight is 356 g/mol. The molecular formula is C17H16ClF2NO3. The highest BCUT2D eigenvalue weighted by Crippen LogP contribution is 2.29. The number of rotatable bonds is 6. The molecule has 1 unspecified atom stereocenters. The van der Waals surface area contributed by atoms with E-state index in [1.54, 1.807) is 18.2 Å². The van der Waals surface area contributed by atoms with Crippen LogP contribution in [0.1, 0.15) is 28.9 Å². The van der Waals surface area contributed by atoms with Gasteiger partial charge in [-0.1, -0.05) is 23.7 Å². The zero-order valence-electron chi connectivity index (χ0n) is 13.1. The van der Waals surface area contributed by atoms with E-state index < -0.39 is 6.61 Å². The van der Waals surface area contributed by atoms with Crippen LogP contribution in [0.2, 0.25) is 5.02 Å². The molecule has 2 rings (SSSR count). The topological polar surface area (TPSA) is 47.6 Å². The second-order valence-corrected chi connectivity index (χ2v) is 5.43. The van der Waals surface area contributed by atoms with Gasteiger partial charge in [0.05, 0.1) is 13.2 Å². The van der Waals surface area contributed by atoms with E-state index >= 15 is 0 Å². The van der Waals surface area contributed by atoms with E-state index in [2.05, 4.69) is 10.1 Å². The summed E-state index contributed by atoms with van der Waals surface area (Å²) in [5.41, 5.74) is 1.11. The first-order valence-corrected chi connectivity index (χ1v) is 7.47. The van der Waals surface area contributed by atoms with Crippen molar-refractivity contribution in [3.8, 4) is 11.5 Å². The van der Waals surface area contributed by atoms with Crippen LogP contribution in [0, 0.1) is 0 Å². The summed E-state index contributed by atoms with van der Waals surface area (Å²) < 4.78 is 34.0. The van der Waals surface area contributed by atoms with Gasteiger partial charge in [0.1, 0.15) is 0 Å². The number of benzene rings is 2. The molecule has 1 N–H and O–H groups in total. The summed E-state index contributed by atoms with van der Waals surface area (Å²) in [4.78, 5) is 12.3. The third-order valence-corrected chi connectivity index (χ3v) is 3.57. The van der Waals surface area contributed by atoms with E-state index in [0.717, 1.165) is 5.56 Å². The Morgan fingerprint density at radius 2 is 1.92 bits per heavy atom. The summed E-state index contributed by atoms with van der Waals surface area (Å²) in [6.45, 7) is -1.16. The maximum absolute atomic E-state index is 12.3. The number of methoxy groups -OCH3 is 1. The number of halogens is 3. The molecule has 0 radical (unpaired) electrons. The van der Waals surface area contributed by atoms with Crippen molar-refractivity contribution in [2.75, 3.05) is 7.11 Å². The summed E-state index contributed by atoms with van der Waals surface area (Å²) in [6, 6.07) is 10.9. The predicted molar refractivity (Wildman–Crippen MR) is 87.0 cm³/mol. The normalized spacial score (nSPS) is 11.9. The molecule has 0 spiro atoms. The number of amides is 1. The van der Waals surface area contributed by atoms with Gasteiger partial charge < -0.3 is 14.8 Å². The van der Waals surface area contributed by atoms with Crippen molar-refractivity contribution in [3.05, 3.63) is 58.6 Å². The van der Waals surface area contributed by atoms with Crippen molar-refractivity contribution >= 4 is 17.5 Å². The van der Waals surface area contributed by atoms with Gasteiger partial charge in [-0.25, -0.2) is 0 Å². The maximum atomic E-state index is 12.3. The Morgan fingerprint density at radius 1 is 1.17 bits per heavy atom. The third kappa shape index (κ3) is 4.58. The van der Waals surface area contributed by atoms with Gasteiger partial charge in [0.2, 0.25) is 0 Å². The molecule has 0 heterocycles. The Morgan fingerprint density at radius 3 is 2.54 bits per heavy atom. The number of nitrogens with one attached hydrogen (secondary N) is 1. The van der Waals surface area contributed by atoms with Crippen LogP contribution in [0.5, 0.6) is 11.5 Å². The molecular weight excluding hydrogens is 340 g/mol. The zero-order chi connectivity index (χ0) is 17.7. The van der Waals surface area contributed by atoms with Crippen LogP contribution in [0.3, 0.4) is 0 Å². The SMILES string of the molecule is COc1cc(C(=O)NC(C)c2cccc(Cl)c2)ccc1OC(F)F. The second-order valence-electron chi connectivity index (χ2n) is 4.99. The van der Waals surface area contributed by atoms with E-state index in [4.69, 9.17) is 16.3 Å². The van der Waals surface area contributed by atoms with Crippen molar-refractivity contribution in [1.82, 2.24) is 5.32 Å². The molecule has 2 aromatic carbocycles. The standard InChI is InChI=1S/C17H16ClF2NO3/c1-10(11-4-3-5-13(18)8-11)21-16(22)12-6-7-14(24-17(19)20)15(9-12)23-2/h3-10,17H,1-2H3,(H,21,22). The molecule has 4 nitrogen and oxygen atoms in total. The smallest absolute Gasteiger partial charge is 0.387 e. The molecule has 1 atom stereocenters. The Hall–Kier alpha value is -2.34. The van der Waals surface area contributed by atoms with Gasteiger partial charge in [0.15, 0.2) is 11.5 Å². The summed E-state index contributed by atoms with van der Waals surface area (Å²) in [7, 11) is 1.31. The fourth-order valence-electron chi connectivity index (χ4n) is 2.14. The molecule has 0 aliphatic rings. The molecule has 0 bridgehead atoms. The van der Waals surface area contributed by atoms with E-state index in [0.29, 0.717) is 5.02 Å². The van der Waals surface area contributed by atoms with Gasteiger partial charge in [0, 0.05) is 10.6 Å². The van der Waals surface area contributed by atoms with Crippen LogP contribution in [-0.2, 0) is 0 Å². The number of hydrogen-bond donors (Lipinski definition) is 1. The van der Waals surface area contributed by atoms with E-state index in [1.807, 2.05) is 13.0 Å². The van der Waals surface area contributed by atoms with Gasteiger partial charge in [-0.2, -0.15) is 8.78 Å². The first-order chi connectivity index (χ1) is 11.4. The van der Waals surface area contributed by atoms with Crippen molar-refractivity contribution < 1.29 is 23.0 Å². The number of alkyl halides is 2. The zero-order valence-corrected chi connectivity index (χ0v) is 13.8. The average Bonchev–Trinajstić information content (AvgIpc) is 2.54. The fourth-order valence-corrected chi connectivity index (χ4v) is 2.34. The highest BCUT2D eigenvalue weighted by molar-refractivity contribution is 6.30. The number of hydrogen-bond acceptors (Lipinski definition) is 3. The van der Waals surface area contributed by atoms with E-state index in [9.17, 15) is 13.6 Å². The van der Waals surface area contributed by atoms with Gasteiger partial charge in [0.25, 0.3) is 5.91 Å². The molecule has 0 saturated heterocycles. The van der Waals surface area contributed by atoms with Crippen LogP contribution in [0.4, 0.5) is 8.78 Å². The summed E-state index contributed by atoms with van der Waals surface area (Å²) in [5, 5.41) is 3.38. The lowest BCUT2D eigenvalue weighted by Crippen LogP contribution is -2.26. The minimum atomic E-state index is -2.97. The largest absolute Gasteiger partial charge is 0.493 e. The molecule has 0 saturated carbocycles. The van der Waals surface area contributed by atoms with Crippen LogP contribution < -0.4 is 14.8 Å². The van der Waals surface area contributed by atoms with Crippen molar-refractivity contribution in [3.63, 3.8) is 0 Å². The van der Waals surface area contributed by atoms with Crippen molar-refractivity contribution in [2.45, 2.75) is 19.6 Å². The Balaban J connectivity index is 2.14. The molecule has 0 aliphatic heterocycles. The molecule has 1 amide bonds. The quantitative estimate of drug-likeness (QED) is 0.833. The van der Waals surface area contributed by atoms with Crippen molar-refractivity contribution in [1.29, 1.82) is 0 Å². The third-order valence-electron chi connectivity index (χ3n) is 3.34. The summed E-state index contributed by atoms with van der Waals surface area (Å²) >= 11 is 5.94. The number of carbonyl (C=O) groups is 1. The maximum Gasteiger partial charge on any atom is 0.387 e. The highest BCUT2D eigenvalue weighted by Gasteiger charge is 2.16. The lowest BCUT2D eigenvalue weighted by Gasteiger charge is -2.16. The van der Waals surface area contributed by atoms with Crippen LogP contribution >= 0.6 is 11.6 Å². The van der Waals surface area contributed by atoms with Gasteiger partial charge in [-0.05, 0) is 42.8 Å². The molecule has 0 aromatic heterocycles. The molecule has 2 aromatic rings. The second kappa shape index (κ2) is 7.97. The minimum absolute atomic E-state index is 0.0540. The van der Waals surface area contributed by atoms with Crippen LogP contribution in [0.25, 0.3) is 0 Å². The van der Waals surface area contributed by atoms with E-state index in [-0.39, 0.29) is 29.0 Å². The fraction of sp³-hybridized carbons (Fsp3) is 0.235. The van der Waals surface area contributed by atoms with Crippen LogP contribution in [-0.4, -0.2) is 19.6 Å². The Labute approximate surface area is 143 Å². The molecule has 128 valence electrons. The van der Waals surface area contributed by atoms with Gasteiger partial charge in [-0.15, -0.1) is 0 Å². The predicted octanol–water partition coefficient (Wildman–Crippen LogP) is 4.44. The molecule has 0 aliphatic carbocycles. The molecule has 24 heavy (non-hydrogen) atoms. The summed E-state index contributed by atoms with van der Waals surface area (Å²) in [6.07, 6.45) is 0. The highest BCUT2D eigenvalue weighted by atomic mass is 35.5. The molecule has 0 fully saturated rings. The Bertz CT molecular complexity index is 725. The Kier molecular flexibility index (Phi) is 5.98. The van der Waals surface area contributed by atoms with Crippen molar-refractivity contribution in [2.24, 2.45) is 0 Å². The molecule has 7 heteroatoms. The van der Waals surface area contributed by atoms with Gasteiger partial charge in [-0.3, -0.25) is 4.79 Å². The lowest BCUT2D eigenvalue weighted by molar-refractivity contribution is -0.0512. The minimum Gasteiger partial charge on any atom is -0.493 e. The number of carbonyl (C=O) groups excluding carboxylic acids is 1. The van der Waals surface area contributed by atoms with E-state index in [1.165, 1.54) is 25.3 Å². The number of ether oxygens (including phenoxy) is 2. The first kappa shape index (κ1) is 18.0. The summed E-state index contributed by atoms with van der Waals surface area (Å²) in [5.74, 6) is -0.449. The monoisotopic (exact) mass is 355 g/mol. The van der Waals surface area contributed by atoms with Crippen LogP contribution in [0.15, 0.2) is 42.5 Å². The lowest BCUT2D eigenvalue weighted by atomic mass is 10.1.